The molecule has 0 fully saturated rings. The van der Waals surface area contributed by atoms with Crippen molar-refractivity contribution >= 4 is 15.9 Å². The molecule has 0 amide bonds. The normalized spacial score (nSPS) is 12.7. The second-order valence-corrected chi connectivity index (χ2v) is 5.05. The first kappa shape index (κ1) is 13.2. The molecule has 0 aliphatic heterocycles. The second-order valence-electron chi connectivity index (χ2n) is 4.30. The summed E-state index contributed by atoms with van der Waals surface area (Å²) in [7, 11) is 1.85. The zero-order chi connectivity index (χ0) is 13.1. The van der Waals surface area contributed by atoms with Gasteiger partial charge in [0.05, 0.1) is 11.7 Å². The predicted octanol–water partition coefficient (Wildman–Crippen LogP) is 1.63. The van der Waals surface area contributed by atoms with Gasteiger partial charge in [-0.3, -0.25) is 11.3 Å². The van der Waals surface area contributed by atoms with Crippen molar-refractivity contribution < 1.29 is 0 Å². The van der Waals surface area contributed by atoms with Gasteiger partial charge in [0.2, 0.25) is 0 Å². The summed E-state index contributed by atoms with van der Waals surface area (Å²) >= 11 is 3.40. The van der Waals surface area contributed by atoms with Gasteiger partial charge in [-0.25, -0.2) is 4.68 Å². The third-order valence-electron chi connectivity index (χ3n) is 2.88. The van der Waals surface area contributed by atoms with E-state index >= 15 is 0 Å². The zero-order valence-corrected chi connectivity index (χ0v) is 12.0. The zero-order valence-electron chi connectivity index (χ0n) is 10.4. The number of nitrogens with two attached hydrogens (primary N) is 1. The lowest BCUT2D eigenvalue weighted by Crippen LogP contribution is -2.31. The van der Waals surface area contributed by atoms with Gasteiger partial charge in [0.15, 0.2) is 4.60 Å². The van der Waals surface area contributed by atoms with Crippen molar-refractivity contribution in [2.24, 2.45) is 12.9 Å². The Hall–Kier alpha value is -1.24. The van der Waals surface area contributed by atoms with Crippen LogP contribution in [0.2, 0.25) is 0 Å². The van der Waals surface area contributed by atoms with E-state index in [1.165, 1.54) is 11.1 Å². The Bertz CT molecular complexity index is 518. The van der Waals surface area contributed by atoms with E-state index < -0.39 is 0 Å². The van der Waals surface area contributed by atoms with Crippen molar-refractivity contribution in [2.75, 3.05) is 0 Å². The van der Waals surface area contributed by atoms with Crippen molar-refractivity contribution in [3.63, 3.8) is 0 Å². The van der Waals surface area contributed by atoms with E-state index in [0.29, 0.717) is 0 Å². The highest BCUT2D eigenvalue weighted by atomic mass is 79.9. The SMILES string of the molecule is Cc1cccc(CC(NN)c2c(Br)nnn2C)c1. The van der Waals surface area contributed by atoms with E-state index in [0.717, 1.165) is 16.7 Å². The van der Waals surface area contributed by atoms with Crippen LogP contribution in [0.25, 0.3) is 0 Å². The van der Waals surface area contributed by atoms with Crippen LogP contribution in [0.4, 0.5) is 0 Å². The minimum absolute atomic E-state index is 0.0267. The number of aryl methyl sites for hydroxylation is 2. The summed E-state index contributed by atoms with van der Waals surface area (Å²) in [5.41, 5.74) is 6.24. The van der Waals surface area contributed by atoms with Gasteiger partial charge in [-0.2, -0.15) is 0 Å². The fourth-order valence-electron chi connectivity index (χ4n) is 2.02. The predicted molar refractivity (Wildman–Crippen MR) is 73.7 cm³/mol. The van der Waals surface area contributed by atoms with Crippen molar-refractivity contribution in [3.8, 4) is 0 Å². The summed E-state index contributed by atoms with van der Waals surface area (Å²) < 4.78 is 2.45. The number of rotatable bonds is 4. The molecule has 0 aliphatic carbocycles. The van der Waals surface area contributed by atoms with Crippen molar-refractivity contribution in [1.82, 2.24) is 20.4 Å². The van der Waals surface area contributed by atoms with Crippen molar-refractivity contribution in [1.29, 1.82) is 0 Å². The number of nitrogens with one attached hydrogen (secondary N) is 1. The number of hydrazine groups is 1. The molecule has 1 atom stereocenters. The van der Waals surface area contributed by atoms with Crippen LogP contribution in [-0.4, -0.2) is 15.0 Å². The monoisotopic (exact) mass is 309 g/mol. The molecule has 2 rings (SSSR count). The fraction of sp³-hybridized carbons (Fsp3) is 0.333. The Kier molecular flexibility index (Phi) is 4.11. The molecule has 1 heterocycles. The number of hydrogen-bond donors (Lipinski definition) is 2. The minimum atomic E-state index is -0.0267. The Morgan fingerprint density at radius 1 is 1.50 bits per heavy atom. The van der Waals surface area contributed by atoms with Gasteiger partial charge in [0, 0.05) is 7.05 Å². The maximum absolute atomic E-state index is 5.65. The molecule has 0 spiro atoms. The molecule has 1 aromatic carbocycles. The van der Waals surface area contributed by atoms with Gasteiger partial charge in [-0.1, -0.05) is 35.0 Å². The molecule has 3 N–H and O–H groups in total. The van der Waals surface area contributed by atoms with Crippen LogP contribution >= 0.6 is 15.9 Å². The lowest BCUT2D eigenvalue weighted by Gasteiger charge is -2.16. The first-order valence-corrected chi connectivity index (χ1v) is 6.48. The van der Waals surface area contributed by atoms with E-state index in [9.17, 15) is 0 Å². The number of hydrogen-bond acceptors (Lipinski definition) is 4. The summed E-state index contributed by atoms with van der Waals surface area (Å²) in [4.78, 5) is 0. The number of aromatic nitrogens is 3. The van der Waals surface area contributed by atoms with E-state index in [2.05, 4.69) is 62.9 Å². The van der Waals surface area contributed by atoms with Crippen molar-refractivity contribution in [3.05, 3.63) is 45.7 Å². The highest BCUT2D eigenvalue weighted by molar-refractivity contribution is 9.10. The van der Waals surface area contributed by atoms with E-state index in [-0.39, 0.29) is 6.04 Å². The summed E-state index contributed by atoms with van der Waals surface area (Å²) in [6.07, 6.45) is 0.790. The fourth-order valence-corrected chi connectivity index (χ4v) is 2.62. The van der Waals surface area contributed by atoms with Crippen LogP contribution in [0.5, 0.6) is 0 Å². The number of halogens is 1. The Morgan fingerprint density at radius 3 is 2.83 bits per heavy atom. The lowest BCUT2D eigenvalue weighted by atomic mass is 10.0. The molecule has 0 bridgehead atoms. The molecule has 2 aromatic rings. The summed E-state index contributed by atoms with van der Waals surface area (Å²) in [5, 5.41) is 7.95. The van der Waals surface area contributed by atoms with Gasteiger partial charge in [0.25, 0.3) is 0 Å². The Balaban J connectivity index is 2.25. The summed E-state index contributed by atoms with van der Waals surface area (Å²) in [5.74, 6) is 5.65. The highest BCUT2D eigenvalue weighted by Gasteiger charge is 2.19. The average Bonchev–Trinajstić information content (AvgIpc) is 2.67. The molecular weight excluding hydrogens is 294 g/mol. The van der Waals surface area contributed by atoms with Crippen molar-refractivity contribution in [2.45, 2.75) is 19.4 Å². The molecule has 0 aliphatic rings. The second kappa shape index (κ2) is 5.60. The molecule has 0 saturated heterocycles. The molecule has 96 valence electrons. The van der Waals surface area contributed by atoms with E-state index in [4.69, 9.17) is 5.84 Å². The van der Waals surface area contributed by atoms with Crippen LogP contribution in [-0.2, 0) is 13.5 Å². The number of nitrogens with zero attached hydrogens (tertiary/aromatic N) is 3. The van der Waals surface area contributed by atoms with Gasteiger partial charge in [-0.05, 0) is 34.8 Å². The third kappa shape index (κ3) is 2.77. The molecule has 1 aromatic heterocycles. The first-order valence-electron chi connectivity index (χ1n) is 5.68. The molecule has 0 saturated carbocycles. The molecule has 18 heavy (non-hydrogen) atoms. The smallest absolute Gasteiger partial charge is 0.153 e. The largest absolute Gasteiger partial charge is 0.271 e. The lowest BCUT2D eigenvalue weighted by molar-refractivity contribution is 0.505. The Morgan fingerprint density at radius 2 is 2.28 bits per heavy atom. The van der Waals surface area contributed by atoms with Crippen LogP contribution in [0.3, 0.4) is 0 Å². The summed E-state index contributed by atoms with van der Waals surface area (Å²) in [6, 6.07) is 8.35. The molecule has 1 unspecified atom stereocenters. The topological polar surface area (TPSA) is 68.8 Å². The van der Waals surface area contributed by atoms with Gasteiger partial charge in [-0.15, -0.1) is 5.10 Å². The quantitative estimate of drug-likeness (QED) is 0.665. The van der Waals surface area contributed by atoms with Gasteiger partial charge < -0.3 is 0 Å². The number of benzene rings is 1. The average molecular weight is 310 g/mol. The third-order valence-corrected chi connectivity index (χ3v) is 3.45. The van der Waals surface area contributed by atoms with Crippen LogP contribution < -0.4 is 11.3 Å². The Labute approximate surface area is 114 Å². The van der Waals surface area contributed by atoms with E-state index in [1.807, 2.05) is 7.05 Å². The van der Waals surface area contributed by atoms with Gasteiger partial charge in [0.1, 0.15) is 0 Å². The standard InChI is InChI=1S/C12H16BrN5/c1-8-4-3-5-9(6-8)7-10(15-14)11-12(13)16-17-18(11)2/h3-6,10,15H,7,14H2,1-2H3. The maximum atomic E-state index is 5.65. The maximum Gasteiger partial charge on any atom is 0.153 e. The minimum Gasteiger partial charge on any atom is -0.271 e. The van der Waals surface area contributed by atoms with E-state index in [1.54, 1.807) is 4.68 Å². The van der Waals surface area contributed by atoms with Crippen LogP contribution in [0.1, 0.15) is 22.9 Å². The van der Waals surface area contributed by atoms with Crippen LogP contribution in [0, 0.1) is 6.92 Å². The highest BCUT2D eigenvalue weighted by Crippen LogP contribution is 2.23. The summed E-state index contributed by atoms with van der Waals surface area (Å²) in [6.45, 7) is 2.08. The van der Waals surface area contributed by atoms with Crippen LogP contribution in [0.15, 0.2) is 28.9 Å². The first-order chi connectivity index (χ1) is 8.61. The molecule has 6 heteroatoms. The molecule has 5 nitrogen and oxygen atoms in total. The van der Waals surface area contributed by atoms with Gasteiger partial charge >= 0.3 is 0 Å². The molecular formula is C12H16BrN5. The molecule has 0 radical (unpaired) electrons.